The monoisotopic (exact) mass is 614 g/mol. The summed E-state index contributed by atoms with van der Waals surface area (Å²) in [5.74, 6) is 1.85. The largest absolute Gasteiger partial charge is 0.456 e. The maximum Gasteiger partial charge on any atom is 0.164 e. The number of nitrogens with zero attached hydrogens (tertiary/aromatic N) is 4. The van der Waals surface area contributed by atoms with E-state index in [4.69, 9.17) is 19.4 Å². The van der Waals surface area contributed by atoms with E-state index in [0.29, 0.717) is 17.5 Å². The average molecular weight is 615 g/mol. The predicted octanol–water partition coefficient (Wildman–Crippen LogP) is 11.0. The zero-order chi connectivity index (χ0) is 31.6. The molecule has 0 spiro atoms. The Balaban J connectivity index is 1.18. The van der Waals surface area contributed by atoms with Gasteiger partial charge in [0.1, 0.15) is 11.2 Å². The molecule has 0 bridgehead atoms. The summed E-state index contributed by atoms with van der Waals surface area (Å²) >= 11 is 0. The summed E-state index contributed by atoms with van der Waals surface area (Å²) in [7, 11) is 0. The third-order valence-corrected chi connectivity index (χ3v) is 9.23. The molecule has 0 saturated carbocycles. The van der Waals surface area contributed by atoms with E-state index >= 15 is 0 Å². The van der Waals surface area contributed by atoms with Crippen molar-refractivity contribution in [3.8, 4) is 39.9 Å². The Morgan fingerprint density at radius 1 is 0.396 bits per heavy atom. The first kappa shape index (κ1) is 26.6. The summed E-state index contributed by atoms with van der Waals surface area (Å²) < 4.78 is 8.61. The van der Waals surface area contributed by atoms with Gasteiger partial charge in [0.05, 0.1) is 11.0 Å². The van der Waals surface area contributed by atoms with Crippen molar-refractivity contribution in [3.05, 3.63) is 158 Å². The number of furan rings is 1. The van der Waals surface area contributed by atoms with Gasteiger partial charge in [-0.15, -0.1) is 0 Å². The van der Waals surface area contributed by atoms with Crippen molar-refractivity contribution in [1.82, 2.24) is 19.5 Å². The fourth-order valence-corrected chi connectivity index (χ4v) is 7.02. The molecule has 0 saturated heterocycles. The highest BCUT2D eigenvalue weighted by Gasteiger charge is 2.17. The fraction of sp³-hybridized carbons (Fsp3) is 0. The number of aromatic nitrogens is 4. The molecule has 3 heterocycles. The maximum atomic E-state index is 6.29. The van der Waals surface area contributed by atoms with Crippen LogP contribution in [0.5, 0.6) is 0 Å². The molecule has 0 radical (unpaired) electrons. The van der Waals surface area contributed by atoms with Crippen LogP contribution >= 0.6 is 0 Å². The van der Waals surface area contributed by atoms with Gasteiger partial charge < -0.3 is 8.98 Å². The first-order valence-corrected chi connectivity index (χ1v) is 16.0. The highest BCUT2D eigenvalue weighted by molar-refractivity contribution is 6.19. The normalized spacial score (nSPS) is 11.8. The highest BCUT2D eigenvalue weighted by Crippen LogP contribution is 2.37. The second kappa shape index (κ2) is 10.5. The van der Waals surface area contributed by atoms with Gasteiger partial charge in [-0.25, -0.2) is 15.0 Å². The number of rotatable bonds is 4. The van der Waals surface area contributed by atoms with Gasteiger partial charge >= 0.3 is 0 Å². The van der Waals surface area contributed by atoms with Crippen molar-refractivity contribution in [2.24, 2.45) is 0 Å². The van der Waals surface area contributed by atoms with Crippen molar-refractivity contribution in [1.29, 1.82) is 0 Å². The van der Waals surface area contributed by atoms with Crippen LogP contribution in [0.15, 0.2) is 162 Å². The molecular weight excluding hydrogens is 589 g/mol. The van der Waals surface area contributed by atoms with E-state index in [1.807, 2.05) is 42.5 Å². The van der Waals surface area contributed by atoms with Crippen molar-refractivity contribution >= 4 is 54.5 Å². The molecule has 0 fully saturated rings. The molecular formula is C43H26N4O. The standard InChI is InChI=1S/C43H26N4O/c1-2-12-28(13-3-1)41-44-42(29-14-10-15-31(25-29)47-36-19-8-6-17-33(36)34-18-7-9-20-37(34)47)46-43(45-41)30-22-23-38-35(26-30)40-32-16-5-4-11-27(32)21-24-39(40)48-38/h1-26H. The lowest BCUT2D eigenvalue weighted by molar-refractivity contribution is 0.669. The van der Waals surface area contributed by atoms with Crippen LogP contribution in [-0.4, -0.2) is 19.5 Å². The van der Waals surface area contributed by atoms with E-state index in [1.54, 1.807) is 0 Å². The molecule has 0 N–H and O–H groups in total. The smallest absolute Gasteiger partial charge is 0.164 e. The van der Waals surface area contributed by atoms with E-state index < -0.39 is 0 Å². The van der Waals surface area contributed by atoms with E-state index in [2.05, 4.69) is 120 Å². The number of fused-ring (bicyclic) bond motifs is 8. The molecule has 0 amide bonds. The van der Waals surface area contributed by atoms with Gasteiger partial charge in [-0.05, 0) is 59.3 Å². The first-order valence-electron chi connectivity index (χ1n) is 16.0. The quantitative estimate of drug-likeness (QED) is 0.198. The molecule has 7 aromatic carbocycles. The Labute approximate surface area is 275 Å². The molecule has 0 aliphatic heterocycles. The molecule has 48 heavy (non-hydrogen) atoms. The van der Waals surface area contributed by atoms with Crippen LogP contribution in [0, 0.1) is 0 Å². The Bertz CT molecular complexity index is 2800. The number of hydrogen-bond donors (Lipinski definition) is 0. The Morgan fingerprint density at radius 2 is 0.979 bits per heavy atom. The van der Waals surface area contributed by atoms with Crippen molar-refractivity contribution in [3.63, 3.8) is 0 Å². The minimum Gasteiger partial charge on any atom is -0.456 e. The molecule has 10 rings (SSSR count). The van der Waals surface area contributed by atoms with E-state index in [1.165, 1.54) is 16.2 Å². The average Bonchev–Trinajstić information content (AvgIpc) is 3.71. The lowest BCUT2D eigenvalue weighted by atomic mass is 10.0. The summed E-state index contributed by atoms with van der Waals surface area (Å²) in [6.45, 7) is 0. The molecule has 0 aliphatic carbocycles. The number of hydrogen-bond acceptors (Lipinski definition) is 4. The second-order valence-electron chi connectivity index (χ2n) is 12.1. The fourth-order valence-electron chi connectivity index (χ4n) is 7.02. The third kappa shape index (κ3) is 4.15. The Kier molecular flexibility index (Phi) is 5.81. The molecule has 5 heteroatoms. The van der Waals surface area contributed by atoms with E-state index in [9.17, 15) is 0 Å². The van der Waals surface area contributed by atoms with E-state index in [0.717, 1.165) is 60.7 Å². The van der Waals surface area contributed by atoms with Gasteiger partial charge in [0.15, 0.2) is 17.5 Å². The van der Waals surface area contributed by atoms with Crippen LogP contribution < -0.4 is 0 Å². The second-order valence-corrected chi connectivity index (χ2v) is 12.1. The molecule has 3 aromatic heterocycles. The number of benzene rings is 7. The van der Waals surface area contributed by atoms with Gasteiger partial charge in [0.2, 0.25) is 0 Å². The first-order chi connectivity index (χ1) is 23.8. The summed E-state index contributed by atoms with van der Waals surface area (Å²) in [5, 5.41) is 6.92. The van der Waals surface area contributed by atoms with Crippen LogP contribution in [0.2, 0.25) is 0 Å². The SMILES string of the molecule is c1ccc(-c2nc(-c3cccc(-n4c5ccccc5c5ccccc54)c3)nc(-c3ccc4oc5ccc6ccccc6c5c4c3)n2)cc1. The predicted molar refractivity (Wildman–Crippen MR) is 195 cm³/mol. The van der Waals surface area contributed by atoms with Gasteiger partial charge in [-0.3, -0.25) is 0 Å². The molecule has 0 unspecified atom stereocenters. The lowest BCUT2D eigenvalue weighted by Crippen LogP contribution is -2.01. The maximum absolute atomic E-state index is 6.29. The van der Waals surface area contributed by atoms with Crippen LogP contribution in [0.4, 0.5) is 0 Å². The van der Waals surface area contributed by atoms with Crippen LogP contribution in [0.1, 0.15) is 0 Å². The van der Waals surface area contributed by atoms with Crippen LogP contribution in [0.3, 0.4) is 0 Å². The van der Waals surface area contributed by atoms with E-state index in [-0.39, 0.29) is 0 Å². The van der Waals surface area contributed by atoms with Crippen LogP contribution in [-0.2, 0) is 0 Å². The molecule has 10 aromatic rings. The third-order valence-electron chi connectivity index (χ3n) is 9.23. The topological polar surface area (TPSA) is 56.7 Å². The van der Waals surface area contributed by atoms with Crippen molar-refractivity contribution < 1.29 is 4.42 Å². The van der Waals surface area contributed by atoms with Gasteiger partial charge in [0.25, 0.3) is 0 Å². The minimum absolute atomic E-state index is 0.609. The lowest BCUT2D eigenvalue weighted by Gasteiger charge is -2.11. The minimum atomic E-state index is 0.609. The highest BCUT2D eigenvalue weighted by atomic mass is 16.3. The van der Waals surface area contributed by atoms with Crippen LogP contribution in [0.25, 0.3) is 94.4 Å². The molecule has 0 atom stereocenters. The summed E-state index contributed by atoms with van der Waals surface area (Å²) in [6.07, 6.45) is 0. The Morgan fingerprint density at radius 3 is 1.73 bits per heavy atom. The zero-order valence-electron chi connectivity index (χ0n) is 25.7. The summed E-state index contributed by atoms with van der Waals surface area (Å²) in [6, 6.07) is 54.5. The van der Waals surface area contributed by atoms with Crippen molar-refractivity contribution in [2.45, 2.75) is 0 Å². The Hall–Kier alpha value is -6.59. The van der Waals surface area contributed by atoms with Gasteiger partial charge in [0, 0.05) is 43.9 Å². The van der Waals surface area contributed by atoms with Gasteiger partial charge in [-0.1, -0.05) is 109 Å². The summed E-state index contributed by atoms with van der Waals surface area (Å²) in [5.41, 5.74) is 7.81. The van der Waals surface area contributed by atoms with Gasteiger partial charge in [-0.2, -0.15) is 0 Å². The zero-order valence-corrected chi connectivity index (χ0v) is 25.7. The molecule has 0 aliphatic rings. The molecule has 224 valence electrons. The summed E-state index contributed by atoms with van der Waals surface area (Å²) in [4.78, 5) is 15.2. The van der Waals surface area contributed by atoms with Crippen molar-refractivity contribution in [2.75, 3.05) is 0 Å². The number of para-hydroxylation sites is 2. The molecule has 5 nitrogen and oxygen atoms in total.